The van der Waals surface area contributed by atoms with E-state index >= 15 is 0 Å². The minimum absolute atomic E-state index is 0.114. The van der Waals surface area contributed by atoms with Crippen molar-refractivity contribution in [3.05, 3.63) is 29.8 Å². The summed E-state index contributed by atoms with van der Waals surface area (Å²) in [5.41, 5.74) is 0.664. The van der Waals surface area contributed by atoms with Gasteiger partial charge >= 0.3 is 0 Å². The molecule has 1 atom stereocenters. The van der Waals surface area contributed by atoms with Gasteiger partial charge < -0.3 is 9.47 Å². The molecule has 0 aliphatic carbocycles. The Morgan fingerprint density at radius 3 is 2.95 bits per heavy atom. The highest BCUT2D eigenvalue weighted by atomic mass is 16.5. The predicted octanol–water partition coefficient (Wildman–Crippen LogP) is 2.77. The summed E-state index contributed by atoms with van der Waals surface area (Å²) in [6, 6.07) is 7.41. The summed E-state index contributed by atoms with van der Waals surface area (Å²) >= 11 is 0. The normalized spacial score (nSPS) is 19.4. The van der Waals surface area contributed by atoms with Gasteiger partial charge in [0.2, 0.25) is 0 Å². The van der Waals surface area contributed by atoms with Crippen LogP contribution in [0.25, 0.3) is 0 Å². The standard InChI is InChI=1S/C17H25NO3/c1-3-11-21-14-7-6-10-18(12-14)13-16(19)15-8-4-5-9-17(15)20-2/h4-5,8-9,14H,3,6-7,10-13H2,1-2H3. The van der Waals surface area contributed by atoms with Gasteiger partial charge in [0.25, 0.3) is 0 Å². The number of benzene rings is 1. The molecule has 1 aromatic carbocycles. The zero-order chi connectivity index (χ0) is 15.1. The number of likely N-dealkylation sites (tertiary alicyclic amines) is 1. The number of nitrogens with zero attached hydrogens (tertiary/aromatic N) is 1. The van der Waals surface area contributed by atoms with E-state index in [1.165, 1.54) is 0 Å². The summed E-state index contributed by atoms with van der Waals surface area (Å²) in [5, 5.41) is 0. The van der Waals surface area contributed by atoms with Gasteiger partial charge in [0.05, 0.1) is 25.3 Å². The number of ketones is 1. The number of ether oxygens (including phenoxy) is 2. The summed E-state index contributed by atoms with van der Waals surface area (Å²) in [6.07, 6.45) is 3.49. The van der Waals surface area contributed by atoms with Crippen LogP contribution in [0.3, 0.4) is 0 Å². The van der Waals surface area contributed by atoms with Crippen molar-refractivity contribution in [2.24, 2.45) is 0 Å². The molecule has 2 rings (SSSR count). The van der Waals surface area contributed by atoms with E-state index in [0.717, 1.165) is 39.0 Å². The van der Waals surface area contributed by atoms with Gasteiger partial charge in [-0.15, -0.1) is 0 Å². The predicted molar refractivity (Wildman–Crippen MR) is 83.0 cm³/mol. The molecule has 1 fully saturated rings. The van der Waals surface area contributed by atoms with E-state index in [9.17, 15) is 4.79 Å². The minimum atomic E-state index is 0.114. The van der Waals surface area contributed by atoms with Gasteiger partial charge in [-0.2, -0.15) is 0 Å². The van der Waals surface area contributed by atoms with Crippen molar-refractivity contribution in [2.45, 2.75) is 32.3 Å². The Balaban J connectivity index is 1.92. The lowest BCUT2D eigenvalue weighted by Crippen LogP contribution is -2.42. The molecule has 1 aliphatic heterocycles. The maximum absolute atomic E-state index is 12.5. The summed E-state index contributed by atoms with van der Waals surface area (Å²) < 4.78 is 11.1. The first-order chi connectivity index (χ1) is 10.2. The molecule has 0 bridgehead atoms. The van der Waals surface area contributed by atoms with Crippen molar-refractivity contribution in [3.8, 4) is 5.75 Å². The van der Waals surface area contributed by atoms with Crippen LogP contribution < -0.4 is 4.74 Å². The molecule has 0 radical (unpaired) electrons. The molecule has 116 valence electrons. The highest BCUT2D eigenvalue weighted by Crippen LogP contribution is 2.19. The number of piperidine rings is 1. The molecule has 0 aromatic heterocycles. The van der Waals surface area contributed by atoms with Crippen LogP contribution in [-0.2, 0) is 4.74 Å². The van der Waals surface area contributed by atoms with Gasteiger partial charge in [0, 0.05) is 13.2 Å². The quantitative estimate of drug-likeness (QED) is 0.724. The minimum Gasteiger partial charge on any atom is -0.496 e. The van der Waals surface area contributed by atoms with Crippen LogP contribution in [0.15, 0.2) is 24.3 Å². The van der Waals surface area contributed by atoms with Gasteiger partial charge in [-0.3, -0.25) is 9.69 Å². The maximum Gasteiger partial charge on any atom is 0.180 e. The van der Waals surface area contributed by atoms with Gasteiger partial charge in [-0.1, -0.05) is 19.1 Å². The zero-order valence-electron chi connectivity index (χ0n) is 13.0. The van der Waals surface area contributed by atoms with Crippen LogP contribution in [-0.4, -0.2) is 50.1 Å². The Bertz CT molecular complexity index is 461. The fraction of sp³-hybridized carbons (Fsp3) is 0.588. The number of Topliss-reactive ketones (excluding diaryl/α,β-unsaturated/α-hetero) is 1. The molecule has 1 aliphatic rings. The molecule has 1 heterocycles. The van der Waals surface area contributed by atoms with Crippen molar-refractivity contribution in [1.82, 2.24) is 4.90 Å². The third-order valence-corrected chi connectivity index (χ3v) is 3.79. The highest BCUT2D eigenvalue weighted by molar-refractivity contribution is 6.00. The van der Waals surface area contributed by atoms with Crippen molar-refractivity contribution in [1.29, 1.82) is 0 Å². The second-order valence-corrected chi connectivity index (χ2v) is 5.49. The van der Waals surface area contributed by atoms with Crippen LogP contribution in [0.4, 0.5) is 0 Å². The second kappa shape index (κ2) is 8.15. The Morgan fingerprint density at radius 1 is 1.38 bits per heavy atom. The fourth-order valence-electron chi connectivity index (χ4n) is 2.74. The second-order valence-electron chi connectivity index (χ2n) is 5.49. The van der Waals surface area contributed by atoms with Gasteiger partial charge in [-0.05, 0) is 37.9 Å². The van der Waals surface area contributed by atoms with E-state index in [1.54, 1.807) is 7.11 Å². The molecule has 0 N–H and O–H groups in total. The molecular formula is C17H25NO3. The Hall–Kier alpha value is -1.39. The van der Waals surface area contributed by atoms with Crippen LogP contribution in [0, 0.1) is 0 Å². The van der Waals surface area contributed by atoms with Crippen molar-refractivity contribution in [2.75, 3.05) is 33.4 Å². The van der Waals surface area contributed by atoms with Crippen molar-refractivity contribution >= 4 is 5.78 Å². The third kappa shape index (κ3) is 4.55. The maximum atomic E-state index is 12.5. The summed E-state index contributed by atoms with van der Waals surface area (Å²) in [7, 11) is 1.60. The van der Waals surface area contributed by atoms with E-state index in [4.69, 9.17) is 9.47 Å². The number of carbonyl (C=O) groups excluding carboxylic acids is 1. The summed E-state index contributed by atoms with van der Waals surface area (Å²) in [4.78, 5) is 14.6. The molecule has 1 unspecified atom stereocenters. The van der Waals surface area contributed by atoms with E-state index in [1.807, 2.05) is 24.3 Å². The number of methoxy groups -OCH3 is 1. The Morgan fingerprint density at radius 2 is 2.19 bits per heavy atom. The monoisotopic (exact) mass is 291 g/mol. The Kier molecular flexibility index (Phi) is 6.21. The lowest BCUT2D eigenvalue weighted by Gasteiger charge is -2.32. The molecule has 0 amide bonds. The number of rotatable bonds is 7. The molecule has 4 heteroatoms. The first-order valence-corrected chi connectivity index (χ1v) is 7.74. The number of hydrogen-bond donors (Lipinski definition) is 0. The van der Waals surface area contributed by atoms with E-state index in [2.05, 4.69) is 11.8 Å². The van der Waals surface area contributed by atoms with Crippen LogP contribution in [0.2, 0.25) is 0 Å². The van der Waals surface area contributed by atoms with E-state index in [-0.39, 0.29) is 11.9 Å². The summed E-state index contributed by atoms with van der Waals surface area (Å²) in [6.45, 7) is 5.17. The fourth-order valence-corrected chi connectivity index (χ4v) is 2.74. The number of carbonyl (C=O) groups is 1. The van der Waals surface area contributed by atoms with Crippen LogP contribution in [0.1, 0.15) is 36.5 Å². The zero-order valence-corrected chi connectivity index (χ0v) is 13.0. The highest BCUT2D eigenvalue weighted by Gasteiger charge is 2.23. The smallest absolute Gasteiger partial charge is 0.180 e. The third-order valence-electron chi connectivity index (χ3n) is 3.79. The molecule has 1 aromatic rings. The molecule has 0 spiro atoms. The SMILES string of the molecule is CCCOC1CCCN(CC(=O)c2ccccc2OC)C1. The first kappa shape index (κ1) is 16.0. The molecule has 0 saturated carbocycles. The average Bonchev–Trinajstić information content (AvgIpc) is 2.53. The molecular weight excluding hydrogens is 266 g/mol. The largest absolute Gasteiger partial charge is 0.496 e. The van der Waals surface area contributed by atoms with Crippen molar-refractivity contribution in [3.63, 3.8) is 0 Å². The van der Waals surface area contributed by atoms with Crippen LogP contribution >= 0.6 is 0 Å². The molecule has 1 saturated heterocycles. The summed E-state index contributed by atoms with van der Waals surface area (Å²) in [5.74, 6) is 0.766. The average molecular weight is 291 g/mol. The first-order valence-electron chi connectivity index (χ1n) is 7.74. The lowest BCUT2D eigenvalue weighted by molar-refractivity contribution is 0.00129. The van der Waals surface area contributed by atoms with Gasteiger partial charge in [-0.25, -0.2) is 0 Å². The number of hydrogen-bond acceptors (Lipinski definition) is 4. The van der Waals surface area contributed by atoms with Crippen molar-refractivity contribution < 1.29 is 14.3 Å². The topological polar surface area (TPSA) is 38.8 Å². The van der Waals surface area contributed by atoms with Gasteiger partial charge in [0.1, 0.15) is 5.75 Å². The van der Waals surface area contributed by atoms with E-state index < -0.39 is 0 Å². The molecule has 21 heavy (non-hydrogen) atoms. The van der Waals surface area contributed by atoms with Gasteiger partial charge in [0.15, 0.2) is 5.78 Å². The van der Waals surface area contributed by atoms with Crippen LogP contribution in [0.5, 0.6) is 5.75 Å². The Labute approximate surface area is 127 Å². The number of para-hydroxylation sites is 1. The van der Waals surface area contributed by atoms with E-state index in [0.29, 0.717) is 17.9 Å². The lowest BCUT2D eigenvalue weighted by atomic mass is 10.1. The molecule has 4 nitrogen and oxygen atoms in total.